The molecule has 1 aromatic rings. The fourth-order valence-corrected chi connectivity index (χ4v) is 1.03. The van der Waals surface area contributed by atoms with Crippen LogP contribution in [0.5, 0.6) is 0 Å². The molecule has 1 atom stereocenters. The first-order valence-corrected chi connectivity index (χ1v) is 3.68. The molecule has 0 aliphatic carbocycles. The Morgan fingerprint density at radius 3 is 3.09 bits per heavy atom. The molecule has 1 heterocycles. The van der Waals surface area contributed by atoms with E-state index in [1.54, 1.807) is 0 Å². The number of hydrogen-bond acceptors (Lipinski definition) is 5. The maximum Gasteiger partial charge on any atom is 0.320 e. The van der Waals surface area contributed by atoms with Crippen molar-refractivity contribution in [1.82, 2.24) is 8.75 Å². The van der Waals surface area contributed by atoms with Crippen LogP contribution in [0.15, 0.2) is 6.20 Å². The van der Waals surface area contributed by atoms with Gasteiger partial charge in [0.25, 0.3) is 0 Å². The van der Waals surface area contributed by atoms with Gasteiger partial charge >= 0.3 is 5.97 Å². The Balaban J connectivity index is 2.50. The number of aromatic nitrogens is 2. The van der Waals surface area contributed by atoms with Crippen molar-refractivity contribution in [2.24, 2.45) is 5.73 Å². The van der Waals surface area contributed by atoms with Gasteiger partial charge in [0.1, 0.15) is 6.04 Å². The highest BCUT2D eigenvalue weighted by molar-refractivity contribution is 6.99. The zero-order valence-electron chi connectivity index (χ0n) is 5.60. The molecule has 0 aromatic carbocycles. The van der Waals surface area contributed by atoms with Crippen molar-refractivity contribution in [3.8, 4) is 0 Å². The molecule has 1 aromatic heterocycles. The molecule has 1 rings (SSSR count). The van der Waals surface area contributed by atoms with Crippen LogP contribution in [0.1, 0.15) is 5.69 Å². The molecule has 1 unspecified atom stereocenters. The van der Waals surface area contributed by atoms with Crippen LogP contribution in [0.25, 0.3) is 0 Å². The van der Waals surface area contributed by atoms with E-state index in [9.17, 15) is 4.79 Å². The van der Waals surface area contributed by atoms with Crippen LogP contribution in [0.2, 0.25) is 0 Å². The molecule has 0 amide bonds. The van der Waals surface area contributed by atoms with Crippen LogP contribution >= 0.6 is 11.7 Å². The summed E-state index contributed by atoms with van der Waals surface area (Å²) in [6, 6.07) is -0.876. The fraction of sp³-hybridized carbons (Fsp3) is 0.400. The van der Waals surface area contributed by atoms with E-state index in [2.05, 4.69) is 8.75 Å². The first-order valence-electron chi connectivity index (χ1n) is 2.95. The summed E-state index contributed by atoms with van der Waals surface area (Å²) in [6.45, 7) is 0. The maximum absolute atomic E-state index is 10.3. The van der Waals surface area contributed by atoms with Crippen molar-refractivity contribution in [1.29, 1.82) is 0 Å². The van der Waals surface area contributed by atoms with Crippen molar-refractivity contribution in [3.63, 3.8) is 0 Å². The summed E-state index contributed by atoms with van der Waals surface area (Å²) in [5.41, 5.74) is 5.87. The van der Waals surface area contributed by atoms with Crippen molar-refractivity contribution in [3.05, 3.63) is 11.9 Å². The Kier molecular flexibility index (Phi) is 2.50. The van der Waals surface area contributed by atoms with Crippen molar-refractivity contribution in [2.45, 2.75) is 12.5 Å². The number of rotatable bonds is 3. The van der Waals surface area contributed by atoms with Crippen LogP contribution in [0, 0.1) is 0 Å². The highest BCUT2D eigenvalue weighted by Gasteiger charge is 2.12. The molecular weight excluding hydrogens is 166 g/mol. The largest absolute Gasteiger partial charge is 0.480 e. The molecule has 0 spiro atoms. The Hall–Kier alpha value is -1.01. The summed E-state index contributed by atoms with van der Waals surface area (Å²) < 4.78 is 7.54. The lowest BCUT2D eigenvalue weighted by Crippen LogP contribution is -2.32. The fourth-order valence-electron chi connectivity index (χ4n) is 0.587. The minimum absolute atomic E-state index is 0.242. The van der Waals surface area contributed by atoms with Gasteiger partial charge in [-0.15, -0.1) is 0 Å². The van der Waals surface area contributed by atoms with E-state index in [0.29, 0.717) is 5.69 Å². The Morgan fingerprint density at radius 2 is 2.64 bits per heavy atom. The van der Waals surface area contributed by atoms with E-state index in [-0.39, 0.29) is 6.42 Å². The molecule has 0 saturated carbocycles. The van der Waals surface area contributed by atoms with E-state index in [0.717, 1.165) is 11.7 Å². The van der Waals surface area contributed by atoms with Gasteiger partial charge in [0.15, 0.2) is 0 Å². The van der Waals surface area contributed by atoms with Crippen LogP contribution in [0.3, 0.4) is 0 Å². The maximum atomic E-state index is 10.3. The number of carbonyl (C=O) groups is 1. The van der Waals surface area contributed by atoms with Gasteiger partial charge in [-0.2, -0.15) is 8.75 Å². The second-order valence-electron chi connectivity index (χ2n) is 2.05. The van der Waals surface area contributed by atoms with E-state index in [4.69, 9.17) is 10.8 Å². The summed E-state index contributed by atoms with van der Waals surface area (Å²) in [6.07, 6.45) is 1.76. The minimum atomic E-state index is -1.02. The number of hydrogen-bond donors (Lipinski definition) is 2. The molecule has 0 radical (unpaired) electrons. The molecule has 60 valence electrons. The predicted octanol–water partition coefficient (Wildman–Crippen LogP) is -0.507. The van der Waals surface area contributed by atoms with Crippen molar-refractivity contribution < 1.29 is 9.90 Å². The normalized spacial score (nSPS) is 12.8. The highest BCUT2D eigenvalue weighted by Crippen LogP contribution is 1.98. The Morgan fingerprint density at radius 1 is 1.91 bits per heavy atom. The second-order valence-corrected chi connectivity index (χ2v) is 2.60. The summed E-state index contributed by atoms with van der Waals surface area (Å²) >= 11 is 1.04. The van der Waals surface area contributed by atoms with Gasteiger partial charge in [0.05, 0.1) is 23.6 Å². The average molecular weight is 173 g/mol. The second kappa shape index (κ2) is 3.40. The third-order valence-electron chi connectivity index (χ3n) is 1.15. The quantitative estimate of drug-likeness (QED) is 0.642. The van der Waals surface area contributed by atoms with Gasteiger partial charge in [0.2, 0.25) is 0 Å². The number of nitrogens with zero attached hydrogens (tertiary/aromatic N) is 2. The molecule has 0 bridgehead atoms. The van der Waals surface area contributed by atoms with Gasteiger partial charge in [-0.25, -0.2) is 0 Å². The lowest BCUT2D eigenvalue weighted by atomic mass is 10.2. The minimum Gasteiger partial charge on any atom is -0.480 e. The van der Waals surface area contributed by atoms with Crippen LogP contribution in [-0.4, -0.2) is 25.9 Å². The number of carboxylic acid groups (broad SMARTS) is 1. The van der Waals surface area contributed by atoms with Gasteiger partial charge in [-0.05, 0) is 0 Å². The Labute approximate surface area is 67.2 Å². The SMILES string of the molecule is NC(Cc1cnsn1)C(=O)O. The molecule has 0 fully saturated rings. The standard InChI is InChI=1S/C5H7N3O2S/c6-4(5(9)10)1-3-2-7-11-8-3/h2,4H,1,6H2,(H,9,10). The first-order chi connectivity index (χ1) is 5.20. The van der Waals surface area contributed by atoms with Gasteiger partial charge in [-0.1, -0.05) is 0 Å². The summed E-state index contributed by atoms with van der Waals surface area (Å²) in [4.78, 5) is 10.3. The smallest absolute Gasteiger partial charge is 0.320 e. The highest BCUT2D eigenvalue weighted by atomic mass is 32.1. The van der Waals surface area contributed by atoms with Crippen LogP contribution < -0.4 is 5.73 Å². The summed E-state index contributed by atoms with van der Waals surface area (Å²) in [5, 5.41) is 8.41. The molecule has 11 heavy (non-hydrogen) atoms. The summed E-state index contributed by atoms with van der Waals surface area (Å²) in [7, 11) is 0. The molecule has 0 saturated heterocycles. The zero-order chi connectivity index (χ0) is 8.27. The topological polar surface area (TPSA) is 89.1 Å². The van der Waals surface area contributed by atoms with E-state index in [1.165, 1.54) is 6.20 Å². The Bertz CT molecular complexity index is 236. The molecular formula is C5H7N3O2S. The molecule has 5 nitrogen and oxygen atoms in total. The average Bonchev–Trinajstić information content (AvgIpc) is 2.39. The third kappa shape index (κ3) is 2.24. The van der Waals surface area contributed by atoms with E-state index >= 15 is 0 Å². The van der Waals surface area contributed by atoms with E-state index in [1.807, 2.05) is 0 Å². The lowest BCUT2D eigenvalue weighted by Gasteiger charge is -2.00. The van der Waals surface area contributed by atoms with Gasteiger partial charge < -0.3 is 10.8 Å². The van der Waals surface area contributed by atoms with E-state index < -0.39 is 12.0 Å². The summed E-state index contributed by atoms with van der Waals surface area (Å²) in [5.74, 6) is -1.02. The monoisotopic (exact) mass is 173 g/mol. The lowest BCUT2D eigenvalue weighted by molar-refractivity contribution is -0.138. The van der Waals surface area contributed by atoms with Crippen LogP contribution in [-0.2, 0) is 11.2 Å². The third-order valence-corrected chi connectivity index (χ3v) is 1.67. The number of aliphatic carboxylic acids is 1. The molecule has 6 heteroatoms. The van der Waals surface area contributed by atoms with Crippen molar-refractivity contribution in [2.75, 3.05) is 0 Å². The zero-order valence-corrected chi connectivity index (χ0v) is 6.41. The molecule has 3 N–H and O–H groups in total. The first kappa shape index (κ1) is 8.09. The molecule has 0 aliphatic heterocycles. The van der Waals surface area contributed by atoms with Crippen molar-refractivity contribution >= 4 is 17.7 Å². The number of nitrogens with two attached hydrogens (primary N) is 1. The molecule has 0 aliphatic rings. The van der Waals surface area contributed by atoms with Gasteiger partial charge in [-0.3, -0.25) is 4.79 Å². The van der Waals surface area contributed by atoms with Gasteiger partial charge in [0, 0.05) is 6.42 Å². The number of carboxylic acids is 1. The predicted molar refractivity (Wildman–Crippen MR) is 39.2 cm³/mol. The van der Waals surface area contributed by atoms with Crippen LogP contribution in [0.4, 0.5) is 0 Å².